The SMILES string of the molecule is O=C(Nc1ccc(Cl)c(S(=O)(=O)N2CC3CC34NCC24)c1O)Nc1cccc(F)c1Cl. The Balaban J connectivity index is 1.41. The third-order valence-corrected chi connectivity index (χ3v) is 8.98. The van der Waals surface area contributed by atoms with Crippen LogP contribution in [0.4, 0.5) is 20.6 Å². The molecule has 3 atom stereocenters. The fourth-order valence-corrected chi connectivity index (χ4v) is 7.01. The topological polar surface area (TPSA) is 111 Å². The zero-order valence-electron chi connectivity index (χ0n) is 15.8. The van der Waals surface area contributed by atoms with Crippen molar-refractivity contribution in [2.45, 2.75) is 22.9 Å². The summed E-state index contributed by atoms with van der Waals surface area (Å²) in [6.45, 7) is 0.898. The minimum absolute atomic E-state index is 0.0135. The number of urea groups is 1. The molecular formula is C19H17Cl2FN4O4S. The van der Waals surface area contributed by atoms with E-state index >= 15 is 0 Å². The fourth-order valence-electron chi connectivity index (χ4n) is 4.51. The van der Waals surface area contributed by atoms with Gasteiger partial charge in [-0.05, 0) is 36.6 Å². The quantitative estimate of drug-likeness (QED) is 0.495. The van der Waals surface area contributed by atoms with Crippen LogP contribution in [0.2, 0.25) is 10.0 Å². The number of hydrogen-bond acceptors (Lipinski definition) is 5. The van der Waals surface area contributed by atoms with Gasteiger partial charge in [0.25, 0.3) is 0 Å². The first-order chi connectivity index (χ1) is 14.6. The fraction of sp³-hybridized carbons (Fsp3) is 0.316. The van der Waals surface area contributed by atoms with Crippen LogP contribution in [0.1, 0.15) is 6.42 Å². The molecule has 5 rings (SSSR count). The maximum absolute atomic E-state index is 13.6. The van der Waals surface area contributed by atoms with Gasteiger partial charge in [0.05, 0.1) is 27.5 Å². The summed E-state index contributed by atoms with van der Waals surface area (Å²) in [6.07, 6.45) is 0.938. The maximum atomic E-state index is 13.6. The van der Waals surface area contributed by atoms with E-state index in [9.17, 15) is 22.7 Å². The highest BCUT2D eigenvalue weighted by Crippen LogP contribution is 2.59. The third kappa shape index (κ3) is 3.08. The molecule has 31 heavy (non-hydrogen) atoms. The largest absolute Gasteiger partial charge is 0.504 e. The molecule has 2 aromatic carbocycles. The first-order valence-electron chi connectivity index (χ1n) is 9.45. The minimum Gasteiger partial charge on any atom is -0.504 e. The van der Waals surface area contributed by atoms with Gasteiger partial charge in [-0.1, -0.05) is 29.3 Å². The lowest BCUT2D eigenvalue weighted by atomic mass is 9.99. The number of carbonyl (C=O) groups excluding carboxylic acids is 1. The number of hydrogen-bond donors (Lipinski definition) is 4. The molecule has 1 aliphatic carbocycles. The number of halogens is 3. The number of amides is 2. The molecular weight excluding hydrogens is 470 g/mol. The van der Waals surface area contributed by atoms with E-state index < -0.39 is 32.5 Å². The lowest BCUT2D eigenvalue weighted by Gasteiger charge is -2.40. The molecule has 2 saturated heterocycles. The van der Waals surface area contributed by atoms with E-state index in [1.54, 1.807) is 0 Å². The van der Waals surface area contributed by atoms with Gasteiger partial charge in [-0.2, -0.15) is 4.31 Å². The van der Waals surface area contributed by atoms with E-state index in [0.717, 1.165) is 12.5 Å². The summed E-state index contributed by atoms with van der Waals surface area (Å²) in [4.78, 5) is 11.9. The van der Waals surface area contributed by atoms with E-state index in [2.05, 4.69) is 16.0 Å². The van der Waals surface area contributed by atoms with E-state index in [1.165, 1.54) is 28.6 Å². The predicted octanol–water partition coefficient (Wildman–Crippen LogP) is 3.22. The van der Waals surface area contributed by atoms with Crippen LogP contribution < -0.4 is 16.0 Å². The van der Waals surface area contributed by atoms with Gasteiger partial charge in [-0.25, -0.2) is 17.6 Å². The summed E-state index contributed by atoms with van der Waals surface area (Å²) in [7, 11) is -4.10. The second-order valence-electron chi connectivity index (χ2n) is 7.87. The maximum Gasteiger partial charge on any atom is 0.323 e. The van der Waals surface area contributed by atoms with Gasteiger partial charge < -0.3 is 21.1 Å². The van der Waals surface area contributed by atoms with Crippen molar-refractivity contribution >= 4 is 50.6 Å². The number of carbonyl (C=O) groups is 1. The predicted molar refractivity (Wildman–Crippen MR) is 114 cm³/mol. The molecule has 3 aliphatic rings. The summed E-state index contributed by atoms with van der Waals surface area (Å²) in [5, 5.41) is 18.3. The van der Waals surface area contributed by atoms with Crippen LogP contribution in [0.3, 0.4) is 0 Å². The number of nitrogens with zero attached hydrogens (tertiary/aromatic N) is 1. The number of sulfonamides is 1. The van der Waals surface area contributed by atoms with Gasteiger partial charge in [0, 0.05) is 18.6 Å². The second-order valence-corrected chi connectivity index (χ2v) is 10.5. The summed E-state index contributed by atoms with van der Waals surface area (Å²) in [5.41, 5.74) is -0.298. The molecule has 3 fully saturated rings. The Morgan fingerprint density at radius 2 is 1.97 bits per heavy atom. The number of aromatic hydroxyl groups is 1. The monoisotopic (exact) mass is 486 g/mol. The average Bonchev–Trinajstić information content (AvgIpc) is 3.38. The lowest BCUT2D eigenvalue weighted by molar-refractivity contribution is 0.204. The highest BCUT2D eigenvalue weighted by atomic mass is 35.5. The van der Waals surface area contributed by atoms with Gasteiger partial charge in [0.2, 0.25) is 10.0 Å². The normalized spacial score (nSPS) is 26.5. The van der Waals surface area contributed by atoms with Crippen molar-refractivity contribution in [3.05, 3.63) is 46.2 Å². The number of benzene rings is 2. The Labute approximate surface area is 187 Å². The van der Waals surface area contributed by atoms with Crippen LogP contribution >= 0.6 is 23.2 Å². The van der Waals surface area contributed by atoms with Crippen molar-refractivity contribution in [2.24, 2.45) is 5.92 Å². The molecule has 0 bridgehead atoms. The number of phenolic OH excluding ortho intramolecular Hbond substituents is 1. The first kappa shape index (κ1) is 20.8. The molecule has 1 spiro atoms. The second kappa shape index (κ2) is 6.94. The Morgan fingerprint density at radius 1 is 1.23 bits per heavy atom. The molecule has 0 radical (unpaired) electrons. The van der Waals surface area contributed by atoms with Gasteiger partial charge in [0.1, 0.15) is 10.7 Å². The number of phenols is 1. The van der Waals surface area contributed by atoms with Crippen molar-refractivity contribution in [3.8, 4) is 5.75 Å². The van der Waals surface area contributed by atoms with Crippen molar-refractivity contribution in [3.63, 3.8) is 0 Å². The number of anilines is 2. The van der Waals surface area contributed by atoms with Gasteiger partial charge >= 0.3 is 6.03 Å². The Bertz CT molecular complexity index is 1220. The van der Waals surface area contributed by atoms with Crippen LogP contribution in [-0.4, -0.2) is 48.5 Å². The standard InChI is InChI=1S/C19H17Cl2FN4O4S/c20-10-4-5-13(25-18(28)24-12-3-1-2-11(22)15(12)21)16(27)17(10)31(29,30)26-8-9-6-19(9)14(26)7-23-19/h1-5,9,14,23,27H,6-8H2,(H2,24,25,28). The van der Waals surface area contributed by atoms with E-state index in [1.807, 2.05) is 0 Å². The number of rotatable bonds is 4. The van der Waals surface area contributed by atoms with Crippen LogP contribution in [0.25, 0.3) is 0 Å². The first-order valence-corrected chi connectivity index (χ1v) is 11.6. The molecule has 0 aromatic heterocycles. The molecule has 2 heterocycles. The van der Waals surface area contributed by atoms with Crippen LogP contribution in [0, 0.1) is 11.7 Å². The van der Waals surface area contributed by atoms with Crippen molar-refractivity contribution < 1.29 is 22.7 Å². The highest BCUT2D eigenvalue weighted by molar-refractivity contribution is 7.89. The van der Waals surface area contributed by atoms with Gasteiger partial charge in [-0.3, -0.25) is 0 Å². The Morgan fingerprint density at radius 3 is 2.65 bits per heavy atom. The zero-order valence-corrected chi connectivity index (χ0v) is 18.2. The lowest BCUT2D eigenvalue weighted by Crippen LogP contribution is -2.64. The molecule has 4 N–H and O–H groups in total. The van der Waals surface area contributed by atoms with Gasteiger partial charge in [-0.15, -0.1) is 0 Å². The van der Waals surface area contributed by atoms with Crippen LogP contribution in [0.5, 0.6) is 5.75 Å². The van der Waals surface area contributed by atoms with E-state index in [-0.39, 0.29) is 38.9 Å². The third-order valence-electron chi connectivity index (χ3n) is 6.22. The molecule has 3 unspecified atom stereocenters. The minimum atomic E-state index is -4.10. The zero-order chi connectivity index (χ0) is 22.1. The molecule has 8 nitrogen and oxygen atoms in total. The molecule has 12 heteroatoms. The van der Waals surface area contributed by atoms with E-state index in [0.29, 0.717) is 13.1 Å². The number of nitrogens with one attached hydrogen (secondary N) is 3. The summed E-state index contributed by atoms with van der Waals surface area (Å²) in [6, 6.07) is 5.43. The molecule has 2 aromatic rings. The molecule has 2 amide bonds. The smallest absolute Gasteiger partial charge is 0.323 e. The van der Waals surface area contributed by atoms with Gasteiger partial charge in [0.15, 0.2) is 5.75 Å². The molecule has 2 aliphatic heterocycles. The van der Waals surface area contributed by atoms with Crippen molar-refractivity contribution in [2.75, 3.05) is 23.7 Å². The van der Waals surface area contributed by atoms with Crippen molar-refractivity contribution in [1.82, 2.24) is 9.62 Å². The average molecular weight is 487 g/mol. The summed E-state index contributed by atoms with van der Waals surface area (Å²) >= 11 is 12.0. The van der Waals surface area contributed by atoms with Crippen LogP contribution in [0.15, 0.2) is 35.2 Å². The molecule has 1 saturated carbocycles. The van der Waals surface area contributed by atoms with Crippen molar-refractivity contribution in [1.29, 1.82) is 0 Å². The highest BCUT2D eigenvalue weighted by Gasteiger charge is 2.72. The Kier molecular flexibility index (Phi) is 4.65. The summed E-state index contributed by atoms with van der Waals surface area (Å²) < 4.78 is 41.5. The Hall–Kier alpha value is -2.11. The van der Waals surface area contributed by atoms with E-state index in [4.69, 9.17) is 23.2 Å². The number of piperidine rings is 1. The molecule has 164 valence electrons. The van der Waals surface area contributed by atoms with Crippen LogP contribution in [-0.2, 0) is 10.0 Å². The summed E-state index contributed by atoms with van der Waals surface area (Å²) in [5.74, 6) is -1.13.